The molecule has 596 valence electrons. The van der Waals surface area contributed by atoms with E-state index in [4.69, 9.17) is 0 Å². The Hall–Kier alpha value is -16.8. The second-order valence-electron chi connectivity index (χ2n) is 31.6. The molecule has 126 heavy (non-hydrogen) atoms. The number of hydrogen-bond donors (Lipinski definition) is 0. The highest BCUT2D eigenvalue weighted by atomic mass is 15.2. The number of nitrogens with zero attached hydrogens (tertiary/aromatic N) is 6. The summed E-state index contributed by atoms with van der Waals surface area (Å²) < 4.78 is 0. The zero-order valence-corrected chi connectivity index (χ0v) is 69.3. The van der Waals surface area contributed by atoms with Crippen LogP contribution < -0.4 is 29.4 Å². The van der Waals surface area contributed by atoms with Crippen LogP contribution in [-0.4, -0.2) is 0 Å². The smallest absolute Gasteiger partial charge is 0.0468 e. The van der Waals surface area contributed by atoms with E-state index in [9.17, 15) is 0 Å². The molecule has 22 rings (SSSR count). The molecule has 22 aromatic rings. The van der Waals surface area contributed by atoms with Gasteiger partial charge in [0.15, 0.2) is 0 Å². The molecule has 0 spiro atoms. The zero-order chi connectivity index (χ0) is 83.9. The fourth-order valence-corrected chi connectivity index (χ4v) is 18.1. The van der Waals surface area contributed by atoms with Crippen molar-refractivity contribution in [2.45, 2.75) is 0 Å². The molecule has 0 heterocycles. The van der Waals surface area contributed by atoms with Gasteiger partial charge in [-0.05, 0) is 305 Å². The monoisotopic (exact) mass is 1610 g/mol. The summed E-state index contributed by atoms with van der Waals surface area (Å²) in [7, 11) is 0. The van der Waals surface area contributed by atoms with Crippen molar-refractivity contribution in [3.05, 3.63) is 522 Å². The van der Waals surface area contributed by atoms with Crippen LogP contribution in [0.15, 0.2) is 522 Å². The number of rotatable bonds is 20. The van der Waals surface area contributed by atoms with Crippen LogP contribution in [-0.2, 0) is 0 Å². The van der Waals surface area contributed by atoms with E-state index >= 15 is 0 Å². The van der Waals surface area contributed by atoms with Crippen LogP contribution in [0.2, 0.25) is 0 Å². The Balaban J connectivity index is 0.000000154. The molecule has 22 aromatic carbocycles. The summed E-state index contributed by atoms with van der Waals surface area (Å²) in [5, 5.41) is 15.3. The fourth-order valence-electron chi connectivity index (χ4n) is 18.1. The van der Waals surface area contributed by atoms with Crippen LogP contribution in [0.3, 0.4) is 0 Å². The number of hydrogen-bond acceptors (Lipinski definition) is 6. The maximum absolute atomic E-state index is 2.36. The normalized spacial score (nSPS) is 11.2. The number of fused-ring (bicyclic) bond motifs is 12. The van der Waals surface area contributed by atoms with Crippen molar-refractivity contribution in [1.29, 1.82) is 0 Å². The quantitative estimate of drug-likeness (QED) is 0.0704. The molecule has 0 aliphatic heterocycles. The van der Waals surface area contributed by atoms with Crippen LogP contribution >= 0.6 is 0 Å². The maximum Gasteiger partial charge on any atom is 0.0468 e. The minimum Gasteiger partial charge on any atom is -0.311 e. The molecular weight excluding hydrogens is 1530 g/mol. The Morgan fingerprint density at radius 1 is 0.0794 bits per heavy atom. The molecule has 6 nitrogen and oxygen atoms in total. The van der Waals surface area contributed by atoms with E-state index in [0.717, 1.165) is 113 Å². The van der Waals surface area contributed by atoms with Gasteiger partial charge < -0.3 is 29.4 Å². The summed E-state index contributed by atoms with van der Waals surface area (Å²) in [6.45, 7) is 0. The summed E-state index contributed by atoms with van der Waals surface area (Å²) in [6.07, 6.45) is 0. The highest BCUT2D eigenvalue weighted by Crippen LogP contribution is 2.48. The van der Waals surface area contributed by atoms with Gasteiger partial charge in [0.25, 0.3) is 0 Å². The van der Waals surface area contributed by atoms with Crippen molar-refractivity contribution < 1.29 is 0 Å². The van der Waals surface area contributed by atoms with Crippen molar-refractivity contribution in [3.63, 3.8) is 0 Å². The Morgan fingerprint density at radius 2 is 0.190 bits per heavy atom. The van der Waals surface area contributed by atoms with Gasteiger partial charge in [-0.25, -0.2) is 0 Å². The van der Waals surface area contributed by atoms with Gasteiger partial charge in [0, 0.05) is 102 Å². The van der Waals surface area contributed by atoms with Crippen molar-refractivity contribution in [3.8, 4) is 22.3 Å². The van der Waals surface area contributed by atoms with E-state index in [1.165, 1.54) is 75.8 Å². The molecule has 0 atom stereocenters. The van der Waals surface area contributed by atoms with Gasteiger partial charge in [-0.1, -0.05) is 303 Å². The Morgan fingerprint density at radius 3 is 0.357 bits per heavy atom. The zero-order valence-electron chi connectivity index (χ0n) is 69.3. The third-order valence-electron chi connectivity index (χ3n) is 24.0. The predicted molar refractivity (Wildman–Crippen MR) is 537 cm³/mol. The van der Waals surface area contributed by atoms with Crippen LogP contribution in [0.25, 0.3) is 86.9 Å². The van der Waals surface area contributed by atoms with Gasteiger partial charge in [-0.15, -0.1) is 0 Å². The lowest BCUT2D eigenvalue weighted by Gasteiger charge is -2.28. The molecule has 0 radical (unpaired) electrons. The third-order valence-corrected chi connectivity index (χ3v) is 24.0. The molecule has 0 amide bonds. The Kier molecular flexibility index (Phi) is 21.1. The summed E-state index contributed by atoms with van der Waals surface area (Å²) in [5.41, 5.74) is 24.5. The van der Waals surface area contributed by atoms with Crippen molar-refractivity contribution in [2.24, 2.45) is 0 Å². The van der Waals surface area contributed by atoms with Crippen LogP contribution in [0, 0.1) is 0 Å². The highest BCUT2D eigenvalue weighted by molar-refractivity contribution is 6.27. The first kappa shape index (κ1) is 76.6. The number of para-hydroxylation sites is 8. The van der Waals surface area contributed by atoms with Crippen LogP contribution in [0.1, 0.15) is 0 Å². The number of benzene rings is 22. The van der Waals surface area contributed by atoms with Crippen molar-refractivity contribution in [2.75, 3.05) is 29.4 Å². The van der Waals surface area contributed by atoms with Gasteiger partial charge in [0.1, 0.15) is 0 Å². The van der Waals surface area contributed by atoms with Crippen LogP contribution in [0.5, 0.6) is 0 Å². The van der Waals surface area contributed by atoms with Crippen molar-refractivity contribution >= 4 is 167 Å². The molecule has 0 saturated heterocycles. The van der Waals surface area contributed by atoms with Crippen molar-refractivity contribution in [1.82, 2.24) is 0 Å². The summed E-state index contributed by atoms with van der Waals surface area (Å²) in [5.74, 6) is 0. The molecule has 0 fully saturated rings. The first-order chi connectivity index (χ1) is 62.5. The van der Waals surface area contributed by atoms with Gasteiger partial charge >= 0.3 is 0 Å². The lowest BCUT2D eigenvalue weighted by atomic mass is 9.94. The van der Waals surface area contributed by atoms with Gasteiger partial charge in [0.2, 0.25) is 0 Å². The average Bonchev–Trinajstić information content (AvgIpc) is 0.741. The Labute approximate surface area is 735 Å². The average molecular weight is 1610 g/mol. The van der Waals surface area contributed by atoms with Crippen LogP contribution in [0.4, 0.5) is 102 Å². The molecule has 0 unspecified atom stereocenters. The van der Waals surface area contributed by atoms with Gasteiger partial charge in [-0.3, -0.25) is 0 Å². The Bertz CT molecular complexity index is 6900. The first-order valence-electron chi connectivity index (χ1n) is 43.0. The molecule has 0 aromatic heterocycles. The van der Waals surface area contributed by atoms with E-state index in [-0.39, 0.29) is 0 Å². The first-order valence-corrected chi connectivity index (χ1v) is 43.0. The number of anilines is 18. The van der Waals surface area contributed by atoms with E-state index in [0.29, 0.717) is 0 Å². The second kappa shape index (κ2) is 34.7. The summed E-state index contributed by atoms with van der Waals surface area (Å²) >= 11 is 0. The molecule has 0 bridgehead atoms. The second-order valence-corrected chi connectivity index (χ2v) is 31.6. The molecule has 0 aliphatic carbocycles. The minimum atomic E-state index is 1.08. The van der Waals surface area contributed by atoms with Gasteiger partial charge in [0.05, 0.1) is 0 Å². The summed E-state index contributed by atoms with van der Waals surface area (Å²) in [6, 6.07) is 187. The molecule has 0 aliphatic rings. The lowest BCUT2D eigenvalue weighted by Crippen LogP contribution is -2.12. The third kappa shape index (κ3) is 15.3. The van der Waals surface area contributed by atoms with E-state index in [1.807, 2.05) is 0 Å². The fraction of sp³-hybridized carbons (Fsp3) is 0. The molecule has 0 N–H and O–H groups in total. The van der Waals surface area contributed by atoms with Gasteiger partial charge in [-0.2, -0.15) is 0 Å². The topological polar surface area (TPSA) is 19.4 Å². The standard InChI is InChI=1S/C60H46N4.C60H40N2/c1-7-19-49(20-8-1)61(50-21-9-2-10-22-50)57-39-43-59(44-40-57)63(53-27-15-5-16-28-53)55-35-31-47(32-36-55)48-33-37-56(38-34-48)64(54-29-17-6-18-30-54)60-45-41-58(42-46-60)62(51-23-11-3-12-24-51)52-25-13-4-14-26-52;1-3-15-43(16-4-1)61(47-35-37-57-53-23-9-7-19-49(53)51-21-11-13-25-55(51)59(57)39-47)45-31-27-41(28-32-45)42-29-33-46(34-30-42)62(44-17-5-2-6-18-44)48-36-38-58-54-24-10-8-20-50(54)52-22-12-14-26-56(52)60(58)40-48/h1-46H;1-40H. The molecule has 0 saturated carbocycles. The predicted octanol–water partition coefficient (Wildman–Crippen LogP) is 34.4. The van der Waals surface area contributed by atoms with E-state index < -0.39 is 0 Å². The minimum absolute atomic E-state index is 1.08. The SMILES string of the molecule is c1ccc(N(c2ccc(-c3ccc(N(c4ccccc4)c4ccc5c6ccccc6c6ccccc6c5c4)cc3)cc2)c2ccc3c4ccccc4c4ccccc4c3c2)cc1.c1ccc(N(c2ccccc2)c2ccc(N(c3ccccc3)c3ccc(-c4ccc(N(c5ccccc5)c5ccc(N(c6ccccc6)c6ccccc6)cc5)cc4)cc3)cc2)cc1. The summed E-state index contributed by atoms with van der Waals surface area (Å²) in [4.78, 5) is 13.9. The molecule has 6 heteroatoms. The van der Waals surface area contributed by atoms with E-state index in [2.05, 4.69) is 551 Å². The lowest BCUT2D eigenvalue weighted by molar-refractivity contribution is 1.25. The molecular formula is C120H86N6. The van der Waals surface area contributed by atoms with E-state index in [1.54, 1.807) is 0 Å². The highest BCUT2D eigenvalue weighted by Gasteiger charge is 2.23. The largest absolute Gasteiger partial charge is 0.311 e. The maximum atomic E-state index is 2.36.